The second-order valence-corrected chi connectivity index (χ2v) is 6.13. The molecule has 0 aromatic heterocycles. The average Bonchev–Trinajstić information content (AvgIpc) is 2.59. The number of hydrogen-bond donors (Lipinski definition) is 1. The third-order valence-corrected chi connectivity index (χ3v) is 4.51. The molecule has 0 bridgehead atoms. The van der Waals surface area contributed by atoms with E-state index < -0.39 is 6.10 Å². The molecule has 0 aliphatic rings. The number of hydrogen-bond acceptors (Lipinski definition) is 1. The van der Waals surface area contributed by atoms with Crippen molar-refractivity contribution >= 4 is 0 Å². The third kappa shape index (κ3) is 3.86. The molecule has 1 heteroatoms. The topological polar surface area (TPSA) is 20.2 Å². The molecule has 1 N–H and O–H groups in total. The molecular weight excluding hydrogens is 268 g/mol. The Kier molecular flexibility index (Phi) is 5.97. The summed E-state index contributed by atoms with van der Waals surface area (Å²) in [5, 5.41) is 11.0. The lowest BCUT2D eigenvalue weighted by molar-refractivity contribution is 0.0821. The molecule has 0 radical (unpaired) electrons. The van der Waals surface area contributed by atoms with E-state index in [0.29, 0.717) is 0 Å². The van der Waals surface area contributed by atoms with E-state index >= 15 is 0 Å². The number of aliphatic hydroxyl groups excluding tert-OH is 1. The van der Waals surface area contributed by atoms with Crippen LogP contribution >= 0.6 is 0 Å². The average molecular weight is 294 g/mol. The summed E-state index contributed by atoms with van der Waals surface area (Å²) in [6.45, 7) is 5.96. The molecule has 0 amide bonds. The SMILES string of the molecule is C=CCCCC[C@@](C)(c1ccccc1)[C@@H](O)c1ccccc1. The maximum atomic E-state index is 11.0. The van der Waals surface area contributed by atoms with Crippen molar-refractivity contribution in [3.63, 3.8) is 0 Å². The van der Waals surface area contributed by atoms with Crippen LogP contribution in [-0.4, -0.2) is 5.11 Å². The smallest absolute Gasteiger partial charge is 0.0883 e. The molecule has 0 saturated heterocycles. The Bertz CT molecular complexity index is 561. The van der Waals surface area contributed by atoms with Crippen LogP contribution in [0.4, 0.5) is 0 Å². The molecule has 0 heterocycles. The van der Waals surface area contributed by atoms with Gasteiger partial charge in [-0.3, -0.25) is 0 Å². The van der Waals surface area contributed by atoms with Gasteiger partial charge in [-0.1, -0.05) is 80.1 Å². The summed E-state index contributed by atoms with van der Waals surface area (Å²) < 4.78 is 0. The fourth-order valence-corrected chi connectivity index (χ4v) is 3.04. The van der Waals surface area contributed by atoms with Gasteiger partial charge in [0.1, 0.15) is 0 Å². The predicted octanol–water partition coefficient (Wildman–Crippen LogP) is 5.42. The van der Waals surface area contributed by atoms with Crippen molar-refractivity contribution in [2.45, 2.75) is 44.1 Å². The molecule has 2 rings (SSSR count). The van der Waals surface area contributed by atoms with E-state index in [0.717, 1.165) is 31.2 Å². The highest BCUT2D eigenvalue weighted by Gasteiger charge is 2.35. The van der Waals surface area contributed by atoms with Crippen LogP contribution in [0.25, 0.3) is 0 Å². The summed E-state index contributed by atoms with van der Waals surface area (Å²) in [6, 6.07) is 20.4. The quantitative estimate of drug-likeness (QED) is 0.509. The van der Waals surface area contributed by atoms with Gasteiger partial charge in [0.25, 0.3) is 0 Å². The van der Waals surface area contributed by atoms with E-state index in [1.165, 1.54) is 5.56 Å². The predicted molar refractivity (Wildman–Crippen MR) is 93.9 cm³/mol. The van der Waals surface area contributed by atoms with Gasteiger partial charge in [0.15, 0.2) is 0 Å². The van der Waals surface area contributed by atoms with E-state index in [2.05, 4.69) is 37.8 Å². The van der Waals surface area contributed by atoms with E-state index in [9.17, 15) is 5.11 Å². The van der Waals surface area contributed by atoms with Gasteiger partial charge in [-0.25, -0.2) is 0 Å². The van der Waals surface area contributed by atoms with Crippen molar-refractivity contribution in [2.75, 3.05) is 0 Å². The molecular formula is C21H26O. The van der Waals surface area contributed by atoms with Crippen LogP contribution in [0.3, 0.4) is 0 Å². The van der Waals surface area contributed by atoms with Gasteiger partial charge < -0.3 is 5.11 Å². The van der Waals surface area contributed by atoms with Gasteiger partial charge in [0.05, 0.1) is 6.10 Å². The van der Waals surface area contributed by atoms with Gasteiger partial charge in [-0.2, -0.15) is 0 Å². The lowest BCUT2D eigenvalue weighted by Gasteiger charge is -2.36. The second-order valence-electron chi connectivity index (χ2n) is 6.13. The fourth-order valence-electron chi connectivity index (χ4n) is 3.04. The molecule has 0 unspecified atom stereocenters. The summed E-state index contributed by atoms with van der Waals surface area (Å²) in [5.41, 5.74) is 1.91. The number of allylic oxidation sites excluding steroid dienone is 1. The van der Waals surface area contributed by atoms with Crippen LogP contribution in [0.15, 0.2) is 73.3 Å². The normalized spacial score (nSPS) is 15.0. The maximum Gasteiger partial charge on any atom is 0.0883 e. The Morgan fingerprint density at radius 3 is 2.18 bits per heavy atom. The van der Waals surface area contributed by atoms with Gasteiger partial charge >= 0.3 is 0 Å². The van der Waals surface area contributed by atoms with Gasteiger partial charge in [0.2, 0.25) is 0 Å². The minimum absolute atomic E-state index is 0.274. The highest BCUT2D eigenvalue weighted by Crippen LogP contribution is 2.41. The van der Waals surface area contributed by atoms with Crippen LogP contribution < -0.4 is 0 Å². The molecule has 0 saturated carbocycles. The first-order chi connectivity index (χ1) is 10.7. The first-order valence-electron chi connectivity index (χ1n) is 8.08. The monoisotopic (exact) mass is 294 g/mol. The molecule has 2 atom stereocenters. The zero-order valence-corrected chi connectivity index (χ0v) is 13.4. The van der Waals surface area contributed by atoms with E-state index in [4.69, 9.17) is 0 Å². The summed E-state index contributed by atoms with van der Waals surface area (Å²) in [7, 11) is 0. The molecule has 0 spiro atoms. The Labute approximate surface area is 134 Å². The number of aliphatic hydroxyl groups is 1. The molecule has 0 aliphatic carbocycles. The number of unbranched alkanes of at least 4 members (excludes halogenated alkanes) is 2. The van der Waals surface area contributed by atoms with Crippen molar-refractivity contribution in [2.24, 2.45) is 0 Å². The number of benzene rings is 2. The summed E-state index contributed by atoms with van der Waals surface area (Å²) >= 11 is 0. The Hall–Kier alpha value is -1.86. The second kappa shape index (κ2) is 7.95. The Morgan fingerprint density at radius 2 is 1.59 bits per heavy atom. The molecule has 2 aromatic carbocycles. The van der Waals surface area contributed by atoms with E-state index in [-0.39, 0.29) is 5.41 Å². The van der Waals surface area contributed by atoms with Crippen LogP contribution in [0.2, 0.25) is 0 Å². The zero-order chi connectivity index (χ0) is 15.8. The van der Waals surface area contributed by atoms with Crippen LogP contribution in [0.1, 0.15) is 49.8 Å². The molecule has 22 heavy (non-hydrogen) atoms. The van der Waals surface area contributed by atoms with E-state index in [1.807, 2.05) is 42.5 Å². The lowest BCUT2D eigenvalue weighted by atomic mass is 9.71. The molecule has 1 nitrogen and oxygen atoms in total. The molecule has 2 aromatic rings. The largest absolute Gasteiger partial charge is 0.387 e. The summed E-state index contributed by atoms with van der Waals surface area (Å²) in [5.74, 6) is 0. The molecule has 0 aliphatic heterocycles. The van der Waals surface area contributed by atoms with Crippen LogP contribution in [0, 0.1) is 0 Å². The van der Waals surface area contributed by atoms with Crippen molar-refractivity contribution in [1.82, 2.24) is 0 Å². The minimum Gasteiger partial charge on any atom is -0.387 e. The maximum absolute atomic E-state index is 11.0. The molecule has 116 valence electrons. The van der Waals surface area contributed by atoms with Crippen molar-refractivity contribution in [3.8, 4) is 0 Å². The number of rotatable bonds is 8. The van der Waals surface area contributed by atoms with Crippen molar-refractivity contribution in [3.05, 3.63) is 84.4 Å². The van der Waals surface area contributed by atoms with Crippen molar-refractivity contribution < 1.29 is 5.11 Å². The first kappa shape index (κ1) is 16.5. The van der Waals surface area contributed by atoms with Gasteiger partial charge in [-0.15, -0.1) is 6.58 Å². The molecule has 0 fully saturated rings. The fraction of sp³-hybridized carbons (Fsp3) is 0.333. The first-order valence-corrected chi connectivity index (χ1v) is 8.08. The highest BCUT2D eigenvalue weighted by atomic mass is 16.3. The summed E-state index contributed by atoms with van der Waals surface area (Å²) in [6.07, 6.45) is 5.66. The third-order valence-electron chi connectivity index (χ3n) is 4.51. The highest BCUT2D eigenvalue weighted by molar-refractivity contribution is 5.31. The Morgan fingerprint density at radius 1 is 1.00 bits per heavy atom. The van der Waals surface area contributed by atoms with Crippen LogP contribution in [-0.2, 0) is 5.41 Å². The lowest BCUT2D eigenvalue weighted by Crippen LogP contribution is -2.30. The van der Waals surface area contributed by atoms with Crippen LogP contribution in [0.5, 0.6) is 0 Å². The van der Waals surface area contributed by atoms with E-state index in [1.54, 1.807) is 0 Å². The minimum atomic E-state index is -0.500. The van der Waals surface area contributed by atoms with Crippen molar-refractivity contribution in [1.29, 1.82) is 0 Å². The Balaban J connectivity index is 2.26. The van der Waals surface area contributed by atoms with Gasteiger partial charge in [0, 0.05) is 5.41 Å². The standard InChI is InChI=1S/C21H26O/c1-3-4-5-12-17-21(2,19-15-10-7-11-16-19)20(22)18-13-8-6-9-14-18/h3,6-11,13-16,20,22H,1,4-5,12,17H2,2H3/t20-,21-/m0/s1. The zero-order valence-electron chi connectivity index (χ0n) is 13.4. The van der Waals surface area contributed by atoms with Gasteiger partial charge in [-0.05, 0) is 30.4 Å². The summed E-state index contributed by atoms with van der Waals surface area (Å²) in [4.78, 5) is 0.